The van der Waals surface area contributed by atoms with Crippen molar-refractivity contribution in [2.24, 2.45) is 0 Å². The SMILES string of the molecule is C#CCOP(=O)(O)CS(=O)(=O)OCC=C. The molecule has 0 aliphatic carbocycles. The molecule has 0 aromatic rings. The minimum atomic E-state index is -4.26. The molecule has 1 N–H and O–H groups in total. The van der Waals surface area contributed by atoms with Crippen molar-refractivity contribution >= 4 is 17.7 Å². The van der Waals surface area contributed by atoms with Crippen molar-refractivity contribution in [3.63, 3.8) is 0 Å². The third kappa shape index (κ3) is 7.31. The highest BCUT2D eigenvalue weighted by atomic mass is 32.2. The molecule has 1 atom stereocenters. The predicted molar refractivity (Wildman–Crippen MR) is 54.5 cm³/mol. The molecular weight excluding hydrogens is 243 g/mol. The first-order chi connectivity index (χ1) is 6.83. The first kappa shape index (κ1) is 14.4. The van der Waals surface area contributed by atoms with Crippen LogP contribution in [0.2, 0.25) is 0 Å². The summed E-state index contributed by atoms with van der Waals surface area (Å²) in [6.45, 7) is 2.52. The van der Waals surface area contributed by atoms with Crippen molar-refractivity contribution in [2.45, 2.75) is 0 Å². The average Bonchev–Trinajstić information content (AvgIpc) is 2.10. The Hall–Kier alpha value is -0.640. The minimum absolute atomic E-state index is 0.266. The van der Waals surface area contributed by atoms with Crippen molar-refractivity contribution in [2.75, 3.05) is 18.7 Å². The molecule has 0 aromatic heterocycles. The van der Waals surface area contributed by atoms with Crippen LogP contribution in [0.3, 0.4) is 0 Å². The maximum Gasteiger partial charge on any atom is 0.346 e. The lowest BCUT2D eigenvalue weighted by Gasteiger charge is -2.09. The molecule has 15 heavy (non-hydrogen) atoms. The molecule has 0 aliphatic rings. The van der Waals surface area contributed by atoms with E-state index in [0.29, 0.717) is 0 Å². The lowest BCUT2D eigenvalue weighted by molar-refractivity contribution is 0.292. The number of terminal acetylenes is 1. The highest BCUT2D eigenvalue weighted by Gasteiger charge is 2.28. The lowest BCUT2D eigenvalue weighted by atomic mass is 10.7. The Labute approximate surface area is 88.6 Å². The Morgan fingerprint density at radius 1 is 1.60 bits per heavy atom. The molecule has 1 unspecified atom stereocenters. The van der Waals surface area contributed by atoms with Gasteiger partial charge in [-0.05, 0) is 0 Å². The molecule has 6 nitrogen and oxygen atoms in total. The molecule has 8 heteroatoms. The van der Waals surface area contributed by atoms with E-state index < -0.39 is 29.8 Å². The van der Waals surface area contributed by atoms with Gasteiger partial charge in [-0.25, -0.2) is 0 Å². The van der Waals surface area contributed by atoms with Gasteiger partial charge in [-0.15, -0.1) is 13.0 Å². The zero-order chi connectivity index (χ0) is 11.9. The summed E-state index contributed by atoms with van der Waals surface area (Å²) in [4.78, 5) is 9.03. The predicted octanol–water partition coefficient (Wildman–Crippen LogP) is 0.312. The Bertz CT molecular complexity index is 392. The van der Waals surface area contributed by atoms with E-state index in [2.05, 4.69) is 15.3 Å². The monoisotopic (exact) mass is 254 g/mol. The van der Waals surface area contributed by atoms with Gasteiger partial charge < -0.3 is 4.89 Å². The lowest BCUT2D eigenvalue weighted by Crippen LogP contribution is -2.12. The van der Waals surface area contributed by atoms with E-state index in [1.54, 1.807) is 0 Å². The van der Waals surface area contributed by atoms with Crippen LogP contribution in [0.5, 0.6) is 0 Å². The van der Waals surface area contributed by atoms with Gasteiger partial charge >= 0.3 is 7.60 Å². The van der Waals surface area contributed by atoms with E-state index in [4.69, 9.17) is 11.3 Å². The van der Waals surface area contributed by atoms with Crippen LogP contribution in [0.1, 0.15) is 0 Å². The highest BCUT2D eigenvalue weighted by Crippen LogP contribution is 2.43. The standard InChI is InChI=1S/C7H11O6PS/c1-3-5-12-14(8,9)7-15(10,11)13-6-4-2/h1,4H,2,5-7H2,(H,8,9). The van der Waals surface area contributed by atoms with Crippen molar-refractivity contribution < 1.29 is 26.6 Å². The fourth-order valence-corrected chi connectivity index (χ4v) is 3.34. The fraction of sp³-hybridized carbons (Fsp3) is 0.429. The van der Waals surface area contributed by atoms with Gasteiger partial charge in [0.15, 0.2) is 5.49 Å². The molecule has 0 spiro atoms. The van der Waals surface area contributed by atoms with Crippen molar-refractivity contribution in [3.8, 4) is 12.3 Å². The average molecular weight is 254 g/mol. The quantitative estimate of drug-likeness (QED) is 0.304. The maximum atomic E-state index is 11.1. The molecular formula is C7H11O6PS. The van der Waals surface area contributed by atoms with Crippen molar-refractivity contribution in [3.05, 3.63) is 12.7 Å². The van der Waals surface area contributed by atoms with Crippen molar-refractivity contribution in [1.29, 1.82) is 0 Å². The Morgan fingerprint density at radius 3 is 2.67 bits per heavy atom. The largest absolute Gasteiger partial charge is 0.346 e. The molecule has 86 valence electrons. The second-order valence-corrected chi connectivity index (χ2v) is 6.29. The second-order valence-electron chi connectivity index (χ2n) is 2.37. The second kappa shape index (κ2) is 6.05. The molecule has 0 heterocycles. The summed E-state index contributed by atoms with van der Waals surface area (Å²) in [5.41, 5.74) is -1.13. The summed E-state index contributed by atoms with van der Waals surface area (Å²) in [6, 6.07) is 0. The van der Waals surface area contributed by atoms with Crippen molar-refractivity contribution in [1.82, 2.24) is 0 Å². The normalized spacial score (nSPS) is 15.2. The molecule has 0 fully saturated rings. The molecule has 0 rings (SSSR count). The third-order valence-corrected chi connectivity index (χ3v) is 4.63. The molecule has 0 saturated carbocycles. The van der Waals surface area contributed by atoms with E-state index in [9.17, 15) is 13.0 Å². The fourth-order valence-electron chi connectivity index (χ4n) is 0.564. The van der Waals surface area contributed by atoms with E-state index >= 15 is 0 Å². The topological polar surface area (TPSA) is 89.9 Å². The number of hydrogen-bond acceptors (Lipinski definition) is 5. The van der Waals surface area contributed by atoms with Gasteiger partial charge in [-0.1, -0.05) is 12.0 Å². The summed E-state index contributed by atoms with van der Waals surface area (Å²) in [7, 11) is -8.37. The van der Waals surface area contributed by atoms with Gasteiger partial charge in [0, 0.05) is 0 Å². The van der Waals surface area contributed by atoms with Gasteiger partial charge in [-0.2, -0.15) is 8.42 Å². The zero-order valence-electron chi connectivity index (χ0n) is 7.83. The summed E-state index contributed by atoms with van der Waals surface area (Å²) >= 11 is 0. The van der Waals surface area contributed by atoms with Crippen LogP contribution < -0.4 is 0 Å². The van der Waals surface area contributed by atoms with Crippen LogP contribution >= 0.6 is 7.60 Å². The summed E-state index contributed by atoms with van der Waals surface area (Å²) in [5, 5.41) is 0. The van der Waals surface area contributed by atoms with E-state index in [-0.39, 0.29) is 6.61 Å². The van der Waals surface area contributed by atoms with Crippen LogP contribution in [0.25, 0.3) is 0 Å². The highest BCUT2D eigenvalue weighted by molar-refractivity contribution is 7.93. The van der Waals surface area contributed by atoms with Gasteiger partial charge in [-0.3, -0.25) is 13.3 Å². The molecule has 0 radical (unpaired) electrons. The molecule has 0 amide bonds. The molecule has 0 bridgehead atoms. The molecule has 0 aromatic carbocycles. The smallest absolute Gasteiger partial charge is 0.324 e. The summed E-state index contributed by atoms with van der Waals surface area (Å²) < 4.78 is 41.7. The summed E-state index contributed by atoms with van der Waals surface area (Å²) in [5.74, 6) is 1.95. The van der Waals surface area contributed by atoms with E-state index in [1.807, 2.05) is 5.92 Å². The third-order valence-electron chi connectivity index (χ3n) is 1.04. The minimum Gasteiger partial charge on any atom is -0.324 e. The van der Waals surface area contributed by atoms with Crippen LogP contribution in [0.15, 0.2) is 12.7 Å². The van der Waals surface area contributed by atoms with Crippen LogP contribution in [0.4, 0.5) is 0 Å². The van der Waals surface area contributed by atoms with Gasteiger partial charge in [0.1, 0.15) is 6.61 Å². The van der Waals surface area contributed by atoms with Gasteiger partial charge in [0.05, 0.1) is 6.61 Å². The van der Waals surface area contributed by atoms with Crippen LogP contribution in [0, 0.1) is 12.3 Å². The Balaban J connectivity index is 4.38. The Morgan fingerprint density at radius 2 is 2.20 bits per heavy atom. The zero-order valence-corrected chi connectivity index (χ0v) is 9.54. The first-order valence-corrected chi connectivity index (χ1v) is 7.05. The first-order valence-electron chi connectivity index (χ1n) is 3.71. The van der Waals surface area contributed by atoms with Crippen LogP contribution in [-0.4, -0.2) is 32.0 Å². The number of hydrogen-bond donors (Lipinski definition) is 1. The Kier molecular flexibility index (Phi) is 5.80. The maximum absolute atomic E-state index is 11.1. The van der Waals surface area contributed by atoms with E-state index in [0.717, 1.165) is 0 Å². The number of rotatable bonds is 7. The summed E-state index contributed by atoms with van der Waals surface area (Å²) in [6.07, 6.45) is 5.98. The molecule has 0 aliphatic heterocycles. The van der Waals surface area contributed by atoms with Crippen LogP contribution in [-0.2, 0) is 23.4 Å². The van der Waals surface area contributed by atoms with Gasteiger partial charge in [0.2, 0.25) is 0 Å². The molecule has 0 saturated heterocycles. The van der Waals surface area contributed by atoms with Gasteiger partial charge in [0.25, 0.3) is 10.1 Å². The van der Waals surface area contributed by atoms with E-state index in [1.165, 1.54) is 6.08 Å².